The van der Waals surface area contributed by atoms with Crippen LogP contribution in [0.5, 0.6) is 0 Å². The average molecular weight is 244 g/mol. The van der Waals surface area contributed by atoms with Crippen LogP contribution in [0.3, 0.4) is 0 Å². The van der Waals surface area contributed by atoms with Crippen LogP contribution in [0.4, 0.5) is 5.69 Å². The molecule has 0 aliphatic rings. The molecule has 0 saturated carbocycles. The second-order valence-electron chi connectivity index (χ2n) is 4.64. The van der Waals surface area contributed by atoms with E-state index in [0.29, 0.717) is 12.0 Å². The Kier molecular flexibility index (Phi) is 3.97. The molecule has 0 amide bonds. The van der Waals surface area contributed by atoms with Gasteiger partial charge in [0.2, 0.25) is 0 Å². The molecule has 0 spiro atoms. The highest BCUT2D eigenvalue weighted by Crippen LogP contribution is 2.20. The third-order valence-electron chi connectivity index (χ3n) is 3.39. The first kappa shape index (κ1) is 12.6. The second kappa shape index (κ2) is 5.67. The van der Waals surface area contributed by atoms with Gasteiger partial charge < -0.3 is 5.32 Å². The van der Waals surface area contributed by atoms with Crippen molar-refractivity contribution >= 4 is 5.69 Å². The monoisotopic (exact) mass is 244 g/mol. The first-order chi connectivity index (χ1) is 8.72. The SMILES string of the molecule is CCC(C)C(C)Nc1cccnc1-n1cccn1. The topological polar surface area (TPSA) is 42.7 Å². The number of aromatic nitrogens is 3. The normalized spacial score (nSPS) is 14.2. The molecular formula is C14H20N4. The summed E-state index contributed by atoms with van der Waals surface area (Å²) in [6, 6.07) is 6.30. The van der Waals surface area contributed by atoms with E-state index in [0.717, 1.165) is 17.9 Å². The summed E-state index contributed by atoms with van der Waals surface area (Å²) in [6.07, 6.45) is 6.61. The summed E-state index contributed by atoms with van der Waals surface area (Å²) in [6.45, 7) is 6.66. The standard InChI is InChI=1S/C14H20N4/c1-4-11(2)12(3)17-13-7-5-8-15-14(13)18-10-6-9-16-18/h5-12,17H,4H2,1-3H3. The van der Waals surface area contributed by atoms with Crippen LogP contribution in [-0.2, 0) is 0 Å². The Labute approximate surface area is 108 Å². The van der Waals surface area contributed by atoms with Crippen molar-refractivity contribution in [3.8, 4) is 5.82 Å². The van der Waals surface area contributed by atoms with Gasteiger partial charge in [0.1, 0.15) is 0 Å². The van der Waals surface area contributed by atoms with E-state index < -0.39 is 0 Å². The van der Waals surface area contributed by atoms with Gasteiger partial charge >= 0.3 is 0 Å². The summed E-state index contributed by atoms with van der Waals surface area (Å²) < 4.78 is 1.78. The van der Waals surface area contributed by atoms with Crippen LogP contribution < -0.4 is 5.32 Å². The van der Waals surface area contributed by atoms with Crippen molar-refractivity contribution < 1.29 is 0 Å². The maximum Gasteiger partial charge on any atom is 0.176 e. The Balaban J connectivity index is 2.23. The minimum absolute atomic E-state index is 0.411. The Morgan fingerprint density at radius 2 is 2.11 bits per heavy atom. The van der Waals surface area contributed by atoms with Crippen molar-refractivity contribution in [1.29, 1.82) is 0 Å². The van der Waals surface area contributed by atoms with Gasteiger partial charge in [-0.25, -0.2) is 9.67 Å². The van der Waals surface area contributed by atoms with Crippen molar-refractivity contribution in [2.45, 2.75) is 33.2 Å². The first-order valence-corrected chi connectivity index (χ1v) is 6.44. The molecule has 0 aromatic carbocycles. The summed E-state index contributed by atoms with van der Waals surface area (Å²) in [4.78, 5) is 4.40. The highest BCUT2D eigenvalue weighted by Gasteiger charge is 2.13. The molecule has 4 heteroatoms. The van der Waals surface area contributed by atoms with Crippen LogP contribution in [0.25, 0.3) is 5.82 Å². The van der Waals surface area contributed by atoms with Crippen LogP contribution in [0.15, 0.2) is 36.8 Å². The average Bonchev–Trinajstić information content (AvgIpc) is 2.92. The van der Waals surface area contributed by atoms with Crippen molar-refractivity contribution in [3.05, 3.63) is 36.8 Å². The molecule has 0 bridgehead atoms. The lowest BCUT2D eigenvalue weighted by Gasteiger charge is -2.22. The third kappa shape index (κ3) is 2.70. The molecule has 4 nitrogen and oxygen atoms in total. The number of rotatable bonds is 5. The summed E-state index contributed by atoms with van der Waals surface area (Å²) in [5.41, 5.74) is 1.02. The van der Waals surface area contributed by atoms with Gasteiger partial charge in [-0.2, -0.15) is 5.10 Å². The van der Waals surface area contributed by atoms with Crippen molar-refractivity contribution in [3.63, 3.8) is 0 Å². The molecule has 0 aliphatic heterocycles. The minimum atomic E-state index is 0.411. The van der Waals surface area contributed by atoms with Crippen molar-refractivity contribution in [2.75, 3.05) is 5.32 Å². The predicted molar refractivity (Wildman–Crippen MR) is 73.9 cm³/mol. The first-order valence-electron chi connectivity index (χ1n) is 6.44. The Hall–Kier alpha value is -1.84. The van der Waals surface area contributed by atoms with Gasteiger partial charge in [0.05, 0.1) is 5.69 Å². The highest BCUT2D eigenvalue weighted by atomic mass is 15.3. The van der Waals surface area contributed by atoms with E-state index in [1.54, 1.807) is 17.1 Å². The van der Waals surface area contributed by atoms with Gasteiger partial charge in [-0.05, 0) is 31.0 Å². The van der Waals surface area contributed by atoms with Gasteiger partial charge in [0.15, 0.2) is 5.82 Å². The van der Waals surface area contributed by atoms with Crippen molar-refractivity contribution in [2.24, 2.45) is 5.92 Å². The fourth-order valence-electron chi connectivity index (χ4n) is 1.83. The fraction of sp³-hybridized carbons (Fsp3) is 0.429. The summed E-state index contributed by atoms with van der Waals surface area (Å²) >= 11 is 0. The molecule has 1 N–H and O–H groups in total. The van der Waals surface area contributed by atoms with E-state index in [1.807, 2.05) is 24.4 Å². The number of anilines is 1. The molecule has 2 unspecified atom stereocenters. The molecule has 0 radical (unpaired) electrons. The van der Waals surface area contributed by atoms with Gasteiger partial charge in [-0.1, -0.05) is 20.3 Å². The molecule has 2 atom stereocenters. The lowest BCUT2D eigenvalue weighted by Crippen LogP contribution is -2.24. The Morgan fingerprint density at radius 1 is 1.28 bits per heavy atom. The van der Waals surface area contributed by atoms with E-state index in [4.69, 9.17) is 0 Å². The van der Waals surface area contributed by atoms with Gasteiger partial charge in [-0.3, -0.25) is 0 Å². The van der Waals surface area contributed by atoms with Crippen LogP contribution in [0.1, 0.15) is 27.2 Å². The van der Waals surface area contributed by atoms with E-state index in [1.165, 1.54) is 0 Å². The molecule has 2 rings (SSSR count). The van der Waals surface area contributed by atoms with Crippen LogP contribution in [0, 0.1) is 5.92 Å². The third-order valence-corrected chi connectivity index (χ3v) is 3.39. The second-order valence-corrected chi connectivity index (χ2v) is 4.64. The van der Waals surface area contributed by atoms with E-state index in [2.05, 4.69) is 36.2 Å². The Morgan fingerprint density at radius 3 is 2.78 bits per heavy atom. The van der Waals surface area contributed by atoms with E-state index >= 15 is 0 Å². The molecule has 2 aromatic heterocycles. The van der Waals surface area contributed by atoms with Crippen LogP contribution in [0.2, 0.25) is 0 Å². The molecular weight excluding hydrogens is 224 g/mol. The highest BCUT2D eigenvalue weighted by molar-refractivity contribution is 5.56. The zero-order valence-electron chi connectivity index (χ0n) is 11.2. The Bertz CT molecular complexity index is 478. The summed E-state index contributed by atoms with van der Waals surface area (Å²) in [7, 11) is 0. The number of hydrogen-bond acceptors (Lipinski definition) is 3. The number of hydrogen-bond donors (Lipinski definition) is 1. The van der Waals surface area contributed by atoms with Crippen molar-refractivity contribution in [1.82, 2.24) is 14.8 Å². The maximum absolute atomic E-state index is 4.40. The van der Waals surface area contributed by atoms with Crippen LogP contribution in [-0.4, -0.2) is 20.8 Å². The van der Waals surface area contributed by atoms with E-state index in [9.17, 15) is 0 Å². The maximum atomic E-state index is 4.40. The largest absolute Gasteiger partial charge is 0.379 e. The molecule has 0 saturated heterocycles. The van der Waals surface area contributed by atoms with Gasteiger partial charge in [-0.15, -0.1) is 0 Å². The number of nitrogens with one attached hydrogen (secondary N) is 1. The number of nitrogens with zero attached hydrogens (tertiary/aromatic N) is 3. The smallest absolute Gasteiger partial charge is 0.176 e. The van der Waals surface area contributed by atoms with Gasteiger partial charge in [0, 0.05) is 24.6 Å². The molecule has 2 aromatic rings. The van der Waals surface area contributed by atoms with Crippen LogP contribution >= 0.6 is 0 Å². The zero-order chi connectivity index (χ0) is 13.0. The molecule has 0 fully saturated rings. The molecule has 18 heavy (non-hydrogen) atoms. The molecule has 0 aliphatic carbocycles. The zero-order valence-corrected chi connectivity index (χ0v) is 11.2. The molecule has 96 valence electrons. The number of pyridine rings is 1. The van der Waals surface area contributed by atoms with Gasteiger partial charge in [0.25, 0.3) is 0 Å². The minimum Gasteiger partial charge on any atom is -0.379 e. The summed E-state index contributed by atoms with van der Waals surface area (Å²) in [5.74, 6) is 1.47. The lowest BCUT2D eigenvalue weighted by molar-refractivity contribution is 0.494. The van der Waals surface area contributed by atoms with E-state index in [-0.39, 0.29) is 0 Å². The fourth-order valence-corrected chi connectivity index (χ4v) is 1.83. The summed E-state index contributed by atoms with van der Waals surface area (Å²) in [5, 5.41) is 7.76. The molecule has 2 heterocycles. The lowest BCUT2D eigenvalue weighted by atomic mass is 10.0. The quantitative estimate of drug-likeness (QED) is 0.878. The predicted octanol–water partition coefficient (Wildman–Crippen LogP) is 3.11.